The van der Waals surface area contributed by atoms with Crippen molar-refractivity contribution in [1.82, 2.24) is 0 Å². The number of benzene rings is 1. The number of hydrogen-bond donors (Lipinski definition) is 1. The second-order valence-corrected chi connectivity index (χ2v) is 4.15. The molecule has 0 fully saturated rings. The summed E-state index contributed by atoms with van der Waals surface area (Å²) >= 11 is 0. The molecular weight excluding hydrogens is 236 g/mol. The molecule has 0 saturated heterocycles. The van der Waals surface area contributed by atoms with Gasteiger partial charge in [0, 0.05) is 6.07 Å². The topological polar surface area (TPSA) is 87.6 Å². The van der Waals surface area contributed by atoms with E-state index in [9.17, 15) is 10.1 Å². The molecule has 18 heavy (non-hydrogen) atoms. The molecule has 0 aromatic heterocycles. The number of rotatable bonds is 6. The van der Waals surface area contributed by atoms with Crippen LogP contribution in [0.15, 0.2) is 12.1 Å². The van der Waals surface area contributed by atoms with Crippen LogP contribution in [0.2, 0.25) is 0 Å². The minimum absolute atomic E-state index is 0.0870. The summed E-state index contributed by atoms with van der Waals surface area (Å²) < 4.78 is 10.1. The van der Waals surface area contributed by atoms with Crippen molar-refractivity contribution in [3.05, 3.63) is 27.8 Å². The SMILES string of the molecule is COc1cc(CC(C)CN)cc([N+](=O)[O-])c1OC. The molecule has 1 aromatic rings. The lowest BCUT2D eigenvalue weighted by Gasteiger charge is -2.12. The van der Waals surface area contributed by atoms with Crippen molar-refractivity contribution in [2.24, 2.45) is 11.7 Å². The first-order valence-corrected chi connectivity index (χ1v) is 5.62. The summed E-state index contributed by atoms with van der Waals surface area (Å²) in [7, 11) is 2.84. The minimum atomic E-state index is -0.474. The zero-order valence-electron chi connectivity index (χ0n) is 10.8. The third kappa shape index (κ3) is 3.10. The molecule has 0 aliphatic rings. The highest BCUT2D eigenvalue weighted by atomic mass is 16.6. The van der Waals surface area contributed by atoms with E-state index in [0.717, 1.165) is 5.56 Å². The van der Waals surface area contributed by atoms with Crippen molar-refractivity contribution >= 4 is 5.69 Å². The molecule has 1 atom stereocenters. The Morgan fingerprint density at radius 1 is 1.39 bits per heavy atom. The Morgan fingerprint density at radius 2 is 2.06 bits per heavy atom. The summed E-state index contributed by atoms with van der Waals surface area (Å²) in [5.41, 5.74) is 6.28. The molecule has 0 aliphatic heterocycles. The Hall–Kier alpha value is -1.82. The fraction of sp³-hybridized carbons (Fsp3) is 0.500. The first kappa shape index (κ1) is 14.2. The summed E-state index contributed by atoms with van der Waals surface area (Å²) in [6.07, 6.45) is 0.664. The number of nitro groups is 1. The van der Waals surface area contributed by atoms with Crippen LogP contribution >= 0.6 is 0 Å². The molecule has 0 saturated carbocycles. The van der Waals surface area contributed by atoms with Crippen LogP contribution in [-0.4, -0.2) is 25.7 Å². The molecule has 6 nitrogen and oxygen atoms in total. The molecular formula is C12H18N2O4. The first-order valence-electron chi connectivity index (χ1n) is 5.62. The number of methoxy groups -OCH3 is 2. The van der Waals surface area contributed by atoms with Crippen LogP contribution in [0.4, 0.5) is 5.69 Å². The molecule has 0 bridgehead atoms. The van der Waals surface area contributed by atoms with Crippen LogP contribution in [-0.2, 0) is 6.42 Å². The quantitative estimate of drug-likeness (QED) is 0.617. The van der Waals surface area contributed by atoms with Gasteiger partial charge in [0.15, 0.2) is 5.75 Å². The second-order valence-electron chi connectivity index (χ2n) is 4.15. The highest BCUT2D eigenvalue weighted by Gasteiger charge is 2.21. The van der Waals surface area contributed by atoms with E-state index in [2.05, 4.69) is 0 Å². The number of nitrogens with zero attached hydrogens (tertiary/aromatic N) is 1. The van der Waals surface area contributed by atoms with Crippen molar-refractivity contribution in [3.8, 4) is 11.5 Å². The molecule has 0 aliphatic carbocycles. The molecule has 6 heteroatoms. The molecule has 1 aromatic carbocycles. The van der Waals surface area contributed by atoms with Gasteiger partial charge >= 0.3 is 5.69 Å². The van der Waals surface area contributed by atoms with E-state index in [1.54, 1.807) is 6.07 Å². The van der Waals surface area contributed by atoms with Crippen LogP contribution in [0.5, 0.6) is 11.5 Å². The zero-order valence-corrected chi connectivity index (χ0v) is 10.8. The molecule has 0 heterocycles. The standard InChI is InChI=1S/C12H18N2O4/c1-8(7-13)4-9-5-10(14(15)16)12(18-3)11(6-9)17-2/h5-6,8H,4,7,13H2,1-3H3. The van der Waals surface area contributed by atoms with E-state index in [0.29, 0.717) is 18.7 Å². The number of ether oxygens (including phenoxy) is 2. The lowest BCUT2D eigenvalue weighted by atomic mass is 10.0. The fourth-order valence-corrected chi connectivity index (χ4v) is 1.74. The summed E-state index contributed by atoms with van der Waals surface area (Å²) in [6.45, 7) is 2.52. The highest BCUT2D eigenvalue weighted by molar-refractivity contribution is 5.58. The van der Waals surface area contributed by atoms with E-state index in [4.69, 9.17) is 15.2 Å². The lowest BCUT2D eigenvalue weighted by Crippen LogP contribution is -2.13. The van der Waals surface area contributed by atoms with Gasteiger partial charge in [0.2, 0.25) is 5.75 Å². The summed E-state index contributed by atoms with van der Waals surface area (Å²) in [4.78, 5) is 10.5. The Balaban J connectivity index is 3.23. The summed E-state index contributed by atoms with van der Waals surface area (Å²) in [5, 5.41) is 11.0. The van der Waals surface area contributed by atoms with Gasteiger partial charge in [-0.15, -0.1) is 0 Å². The smallest absolute Gasteiger partial charge is 0.315 e. The summed E-state index contributed by atoms with van der Waals surface area (Å²) in [6, 6.07) is 3.26. The van der Waals surface area contributed by atoms with Crippen molar-refractivity contribution in [1.29, 1.82) is 0 Å². The molecule has 0 spiro atoms. The normalized spacial score (nSPS) is 12.0. The molecule has 1 rings (SSSR count). The Bertz CT molecular complexity index is 434. The maximum Gasteiger partial charge on any atom is 0.315 e. The number of hydrogen-bond acceptors (Lipinski definition) is 5. The van der Waals surface area contributed by atoms with Crippen LogP contribution in [0.25, 0.3) is 0 Å². The van der Waals surface area contributed by atoms with Gasteiger partial charge in [0.25, 0.3) is 0 Å². The van der Waals surface area contributed by atoms with Gasteiger partial charge < -0.3 is 15.2 Å². The molecule has 1 unspecified atom stereocenters. The van der Waals surface area contributed by atoms with Crippen LogP contribution in [0, 0.1) is 16.0 Å². The van der Waals surface area contributed by atoms with E-state index in [1.165, 1.54) is 20.3 Å². The van der Waals surface area contributed by atoms with Crippen molar-refractivity contribution < 1.29 is 14.4 Å². The predicted molar refractivity (Wildman–Crippen MR) is 68.1 cm³/mol. The van der Waals surface area contributed by atoms with Gasteiger partial charge in [0.1, 0.15) is 0 Å². The van der Waals surface area contributed by atoms with Gasteiger partial charge in [-0.25, -0.2) is 0 Å². The monoisotopic (exact) mass is 254 g/mol. The van der Waals surface area contributed by atoms with Crippen molar-refractivity contribution in [3.63, 3.8) is 0 Å². The Kier molecular flexibility index (Phi) is 4.91. The van der Waals surface area contributed by atoms with Crippen LogP contribution in [0.1, 0.15) is 12.5 Å². The van der Waals surface area contributed by atoms with Crippen molar-refractivity contribution in [2.75, 3.05) is 20.8 Å². The lowest BCUT2D eigenvalue weighted by molar-refractivity contribution is -0.385. The van der Waals surface area contributed by atoms with Gasteiger partial charge in [-0.05, 0) is 30.5 Å². The maximum absolute atomic E-state index is 11.0. The van der Waals surface area contributed by atoms with E-state index in [1.807, 2.05) is 6.92 Å². The van der Waals surface area contributed by atoms with Crippen LogP contribution in [0.3, 0.4) is 0 Å². The van der Waals surface area contributed by atoms with Crippen molar-refractivity contribution in [2.45, 2.75) is 13.3 Å². The minimum Gasteiger partial charge on any atom is -0.493 e. The maximum atomic E-state index is 11.0. The van der Waals surface area contributed by atoms with E-state index in [-0.39, 0.29) is 17.4 Å². The van der Waals surface area contributed by atoms with Gasteiger partial charge in [0.05, 0.1) is 19.1 Å². The van der Waals surface area contributed by atoms with Crippen LogP contribution < -0.4 is 15.2 Å². The Morgan fingerprint density at radius 3 is 2.50 bits per heavy atom. The molecule has 100 valence electrons. The number of nitrogens with two attached hydrogens (primary N) is 1. The predicted octanol–water partition coefficient (Wildman–Crippen LogP) is 1.75. The number of nitro benzene ring substituents is 1. The second kappa shape index (κ2) is 6.20. The van der Waals surface area contributed by atoms with E-state index >= 15 is 0 Å². The third-order valence-electron chi connectivity index (χ3n) is 2.70. The molecule has 2 N–H and O–H groups in total. The first-order chi connectivity index (χ1) is 8.53. The van der Waals surface area contributed by atoms with Gasteiger partial charge in [-0.2, -0.15) is 0 Å². The van der Waals surface area contributed by atoms with Gasteiger partial charge in [-0.3, -0.25) is 10.1 Å². The Labute approximate surface area is 106 Å². The average Bonchev–Trinajstić information content (AvgIpc) is 2.37. The van der Waals surface area contributed by atoms with Gasteiger partial charge in [-0.1, -0.05) is 6.92 Å². The fourth-order valence-electron chi connectivity index (χ4n) is 1.74. The highest BCUT2D eigenvalue weighted by Crippen LogP contribution is 2.38. The largest absolute Gasteiger partial charge is 0.493 e. The molecule has 0 amide bonds. The third-order valence-corrected chi connectivity index (χ3v) is 2.70. The summed E-state index contributed by atoms with van der Waals surface area (Å²) in [5.74, 6) is 0.764. The van der Waals surface area contributed by atoms with E-state index < -0.39 is 4.92 Å². The average molecular weight is 254 g/mol. The zero-order chi connectivity index (χ0) is 13.7. The molecule has 0 radical (unpaired) electrons.